The lowest BCUT2D eigenvalue weighted by Crippen LogP contribution is -2.50. The van der Waals surface area contributed by atoms with Gasteiger partial charge in [-0.1, -0.05) is 18.9 Å². The third kappa shape index (κ3) is 3.78. The molecule has 1 saturated heterocycles. The first-order chi connectivity index (χ1) is 11.5. The molecule has 132 valence electrons. The number of amides is 1. The Balaban J connectivity index is 1.59. The molecule has 0 atom stereocenters. The molecule has 5 nitrogen and oxygen atoms in total. The lowest BCUT2D eigenvalue weighted by atomic mass is 10.0. The molecule has 2 fully saturated rings. The van der Waals surface area contributed by atoms with Gasteiger partial charge in [-0.15, -0.1) is 0 Å². The quantitative estimate of drug-likeness (QED) is 0.833. The second-order valence-corrected chi connectivity index (χ2v) is 8.53. The van der Waals surface area contributed by atoms with E-state index in [9.17, 15) is 17.6 Å². The molecule has 1 aromatic rings. The summed E-state index contributed by atoms with van der Waals surface area (Å²) in [6, 6.07) is 5.05. The SMILES string of the molecule is O=C(CC1CCCC1)N1CCN(S(=O)(=O)c2cccc(F)c2)CC1. The summed E-state index contributed by atoms with van der Waals surface area (Å²) in [4.78, 5) is 14.1. The molecule has 1 saturated carbocycles. The summed E-state index contributed by atoms with van der Waals surface area (Å²) >= 11 is 0. The Morgan fingerprint density at radius 1 is 1.12 bits per heavy atom. The number of carbonyl (C=O) groups is 1. The van der Waals surface area contributed by atoms with E-state index >= 15 is 0 Å². The van der Waals surface area contributed by atoms with Crippen LogP contribution in [0.25, 0.3) is 0 Å². The summed E-state index contributed by atoms with van der Waals surface area (Å²) < 4.78 is 39.7. The second kappa shape index (κ2) is 7.19. The highest BCUT2D eigenvalue weighted by Gasteiger charge is 2.31. The largest absolute Gasteiger partial charge is 0.340 e. The zero-order chi connectivity index (χ0) is 17.2. The molecule has 1 aromatic carbocycles. The Morgan fingerprint density at radius 3 is 2.42 bits per heavy atom. The van der Waals surface area contributed by atoms with Crippen LogP contribution < -0.4 is 0 Å². The summed E-state index contributed by atoms with van der Waals surface area (Å²) in [5.74, 6) is 0.0534. The van der Waals surface area contributed by atoms with Crippen LogP contribution in [0.2, 0.25) is 0 Å². The molecule has 24 heavy (non-hydrogen) atoms. The summed E-state index contributed by atoms with van der Waals surface area (Å²) in [6.45, 7) is 1.32. The number of hydrogen-bond acceptors (Lipinski definition) is 3. The van der Waals surface area contributed by atoms with Crippen molar-refractivity contribution in [1.82, 2.24) is 9.21 Å². The number of hydrogen-bond donors (Lipinski definition) is 0. The Kier molecular flexibility index (Phi) is 5.20. The van der Waals surface area contributed by atoms with Gasteiger partial charge >= 0.3 is 0 Å². The van der Waals surface area contributed by atoms with E-state index in [1.54, 1.807) is 4.90 Å². The smallest absolute Gasteiger partial charge is 0.243 e. The molecule has 1 heterocycles. The minimum Gasteiger partial charge on any atom is -0.340 e. The van der Waals surface area contributed by atoms with Crippen LogP contribution in [-0.2, 0) is 14.8 Å². The number of nitrogens with zero attached hydrogens (tertiary/aromatic N) is 2. The minimum absolute atomic E-state index is 0.0340. The van der Waals surface area contributed by atoms with Gasteiger partial charge in [-0.2, -0.15) is 4.31 Å². The topological polar surface area (TPSA) is 57.7 Å². The van der Waals surface area contributed by atoms with Gasteiger partial charge in [-0.3, -0.25) is 4.79 Å². The van der Waals surface area contributed by atoms with E-state index in [2.05, 4.69) is 0 Å². The van der Waals surface area contributed by atoms with Gasteiger partial charge in [0.05, 0.1) is 4.90 Å². The molecule has 1 aliphatic carbocycles. The molecule has 0 unspecified atom stereocenters. The Labute approximate surface area is 142 Å². The molecule has 0 radical (unpaired) electrons. The molecule has 1 amide bonds. The van der Waals surface area contributed by atoms with Crippen molar-refractivity contribution in [2.45, 2.75) is 37.0 Å². The number of benzene rings is 1. The highest BCUT2D eigenvalue weighted by atomic mass is 32.2. The van der Waals surface area contributed by atoms with Crippen molar-refractivity contribution < 1.29 is 17.6 Å². The minimum atomic E-state index is -3.70. The molecule has 1 aliphatic heterocycles. The van der Waals surface area contributed by atoms with Crippen molar-refractivity contribution in [2.24, 2.45) is 5.92 Å². The van der Waals surface area contributed by atoms with Crippen LogP contribution in [-0.4, -0.2) is 49.7 Å². The first kappa shape index (κ1) is 17.4. The van der Waals surface area contributed by atoms with E-state index in [0.29, 0.717) is 25.4 Å². The van der Waals surface area contributed by atoms with Crippen molar-refractivity contribution in [3.8, 4) is 0 Å². The maximum Gasteiger partial charge on any atom is 0.243 e. The maximum atomic E-state index is 13.3. The highest BCUT2D eigenvalue weighted by molar-refractivity contribution is 7.89. The Morgan fingerprint density at radius 2 is 1.79 bits per heavy atom. The fourth-order valence-electron chi connectivity index (χ4n) is 3.54. The van der Waals surface area contributed by atoms with Crippen molar-refractivity contribution in [3.05, 3.63) is 30.1 Å². The van der Waals surface area contributed by atoms with Crippen molar-refractivity contribution in [1.29, 1.82) is 0 Å². The predicted octanol–water partition coefficient (Wildman–Crippen LogP) is 2.24. The summed E-state index contributed by atoms with van der Waals surface area (Å²) in [7, 11) is -3.70. The van der Waals surface area contributed by atoms with Gasteiger partial charge in [-0.25, -0.2) is 12.8 Å². The van der Waals surface area contributed by atoms with Gasteiger partial charge in [0.15, 0.2) is 0 Å². The average molecular weight is 354 g/mol. The summed E-state index contributed by atoms with van der Waals surface area (Å²) in [6.07, 6.45) is 5.24. The first-order valence-corrected chi connectivity index (χ1v) is 9.94. The highest BCUT2D eigenvalue weighted by Crippen LogP contribution is 2.28. The first-order valence-electron chi connectivity index (χ1n) is 8.50. The van der Waals surface area contributed by atoms with Gasteiger partial charge in [0.1, 0.15) is 5.82 Å². The van der Waals surface area contributed by atoms with Crippen LogP contribution in [0, 0.1) is 11.7 Å². The van der Waals surface area contributed by atoms with E-state index < -0.39 is 15.8 Å². The molecule has 0 N–H and O–H groups in total. The van der Waals surface area contributed by atoms with E-state index in [-0.39, 0.29) is 23.9 Å². The number of carbonyl (C=O) groups excluding carboxylic acids is 1. The van der Waals surface area contributed by atoms with Gasteiger partial charge in [-0.05, 0) is 37.0 Å². The Hall–Kier alpha value is -1.47. The van der Waals surface area contributed by atoms with Crippen LogP contribution >= 0.6 is 0 Å². The molecular weight excluding hydrogens is 331 g/mol. The van der Waals surface area contributed by atoms with E-state index in [4.69, 9.17) is 0 Å². The normalized spacial score (nSPS) is 20.5. The van der Waals surface area contributed by atoms with Crippen LogP contribution in [0.5, 0.6) is 0 Å². The Bertz CT molecular complexity index is 694. The fourth-order valence-corrected chi connectivity index (χ4v) is 5.00. The van der Waals surface area contributed by atoms with E-state index in [1.807, 2.05) is 0 Å². The third-order valence-electron chi connectivity index (χ3n) is 4.96. The molecule has 3 rings (SSSR count). The van der Waals surface area contributed by atoms with Gasteiger partial charge in [0, 0.05) is 32.6 Å². The second-order valence-electron chi connectivity index (χ2n) is 6.60. The monoisotopic (exact) mass is 354 g/mol. The van der Waals surface area contributed by atoms with Crippen LogP contribution in [0.1, 0.15) is 32.1 Å². The lowest BCUT2D eigenvalue weighted by Gasteiger charge is -2.34. The van der Waals surface area contributed by atoms with Crippen LogP contribution in [0.15, 0.2) is 29.2 Å². The van der Waals surface area contributed by atoms with Crippen molar-refractivity contribution >= 4 is 15.9 Å². The predicted molar refractivity (Wildman–Crippen MR) is 88.3 cm³/mol. The van der Waals surface area contributed by atoms with Crippen LogP contribution in [0.4, 0.5) is 4.39 Å². The van der Waals surface area contributed by atoms with Gasteiger partial charge in [0.2, 0.25) is 15.9 Å². The maximum absolute atomic E-state index is 13.3. The number of halogens is 1. The molecular formula is C17H23FN2O3S. The fraction of sp³-hybridized carbons (Fsp3) is 0.588. The van der Waals surface area contributed by atoms with E-state index in [0.717, 1.165) is 18.9 Å². The third-order valence-corrected chi connectivity index (χ3v) is 6.86. The number of piperazine rings is 1. The average Bonchev–Trinajstić information content (AvgIpc) is 3.08. The van der Waals surface area contributed by atoms with Gasteiger partial charge in [0.25, 0.3) is 0 Å². The molecule has 0 bridgehead atoms. The zero-order valence-electron chi connectivity index (χ0n) is 13.7. The number of sulfonamides is 1. The summed E-state index contributed by atoms with van der Waals surface area (Å²) in [5.41, 5.74) is 0. The molecule has 2 aliphatic rings. The molecule has 0 spiro atoms. The zero-order valence-corrected chi connectivity index (χ0v) is 14.5. The lowest BCUT2D eigenvalue weighted by molar-refractivity contribution is -0.133. The van der Waals surface area contributed by atoms with Crippen LogP contribution in [0.3, 0.4) is 0 Å². The standard InChI is InChI=1S/C17H23FN2O3S/c18-15-6-3-7-16(13-15)24(22,23)20-10-8-19(9-11-20)17(21)12-14-4-1-2-5-14/h3,6-7,13-14H,1-2,4-5,8-12H2. The summed E-state index contributed by atoms with van der Waals surface area (Å²) in [5, 5.41) is 0. The van der Waals surface area contributed by atoms with E-state index in [1.165, 1.54) is 35.3 Å². The molecule has 7 heteroatoms. The van der Waals surface area contributed by atoms with Crippen molar-refractivity contribution in [3.63, 3.8) is 0 Å². The molecule has 0 aromatic heterocycles. The van der Waals surface area contributed by atoms with Gasteiger partial charge < -0.3 is 4.90 Å². The van der Waals surface area contributed by atoms with Crippen molar-refractivity contribution in [2.75, 3.05) is 26.2 Å². The number of rotatable bonds is 4.